The maximum absolute atomic E-state index is 12.8. The lowest BCUT2D eigenvalue weighted by atomic mass is 9.71. The Balaban J connectivity index is 1.80. The van der Waals surface area contributed by atoms with Gasteiger partial charge < -0.3 is 10.6 Å². The maximum Gasteiger partial charge on any atom is 0.166 e. The minimum Gasteiger partial charge on any atom is -0.360 e. The largest absolute Gasteiger partial charge is 0.360 e. The van der Waals surface area contributed by atoms with Crippen LogP contribution in [-0.2, 0) is 6.54 Å². The van der Waals surface area contributed by atoms with E-state index in [9.17, 15) is 4.39 Å². The third-order valence-corrected chi connectivity index (χ3v) is 4.35. The Morgan fingerprint density at radius 2 is 1.95 bits per heavy atom. The Kier molecular flexibility index (Phi) is 5.20. The average molecular weight is 308 g/mol. The van der Waals surface area contributed by atoms with Crippen molar-refractivity contribution in [3.63, 3.8) is 0 Å². The van der Waals surface area contributed by atoms with Gasteiger partial charge in [0.05, 0.1) is 0 Å². The summed E-state index contributed by atoms with van der Waals surface area (Å²) in [4.78, 5) is 0. The van der Waals surface area contributed by atoms with Crippen LogP contribution in [0.15, 0.2) is 24.3 Å². The fourth-order valence-electron chi connectivity index (χ4n) is 3.48. The highest BCUT2D eigenvalue weighted by Gasteiger charge is 2.32. The number of hydrogen-bond acceptors (Lipinski definition) is 1. The number of nitrogens with one attached hydrogen (secondary N) is 2. The van der Waals surface area contributed by atoms with Gasteiger partial charge in [-0.1, -0.05) is 32.9 Å². The van der Waals surface area contributed by atoms with Gasteiger partial charge in [0.2, 0.25) is 0 Å². The van der Waals surface area contributed by atoms with Crippen molar-refractivity contribution < 1.29 is 4.39 Å². The van der Waals surface area contributed by atoms with E-state index >= 15 is 0 Å². The molecule has 2 rings (SSSR count). The van der Waals surface area contributed by atoms with E-state index in [0.29, 0.717) is 23.1 Å². The van der Waals surface area contributed by atoms with Gasteiger partial charge in [0.15, 0.2) is 5.11 Å². The number of benzene rings is 1. The lowest BCUT2D eigenvalue weighted by Crippen LogP contribution is -2.46. The van der Waals surface area contributed by atoms with Crippen LogP contribution in [0.2, 0.25) is 0 Å². The summed E-state index contributed by atoms with van der Waals surface area (Å²) in [6.45, 7) is 7.58. The summed E-state index contributed by atoms with van der Waals surface area (Å²) in [6, 6.07) is 6.93. The first kappa shape index (κ1) is 16.2. The van der Waals surface area contributed by atoms with Crippen LogP contribution in [0.3, 0.4) is 0 Å². The summed E-state index contributed by atoms with van der Waals surface area (Å²) >= 11 is 5.38. The molecule has 0 aromatic heterocycles. The summed E-state index contributed by atoms with van der Waals surface area (Å²) in [7, 11) is 0. The zero-order chi connectivity index (χ0) is 15.5. The van der Waals surface area contributed by atoms with E-state index in [0.717, 1.165) is 17.9 Å². The lowest BCUT2D eigenvalue weighted by Gasteiger charge is -2.39. The van der Waals surface area contributed by atoms with Crippen molar-refractivity contribution in [3.05, 3.63) is 35.6 Å². The van der Waals surface area contributed by atoms with E-state index in [2.05, 4.69) is 31.4 Å². The second-order valence-corrected chi connectivity index (χ2v) is 7.47. The summed E-state index contributed by atoms with van der Waals surface area (Å²) in [5, 5.41) is 7.33. The molecule has 1 saturated carbocycles. The number of hydrogen-bond donors (Lipinski definition) is 2. The van der Waals surface area contributed by atoms with E-state index in [4.69, 9.17) is 12.2 Å². The third kappa shape index (κ3) is 5.27. The Morgan fingerprint density at radius 1 is 1.29 bits per heavy atom. The molecule has 0 aliphatic heterocycles. The second kappa shape index (κ2) is 6.73. The fourth-order valence-corrected chi connectivity index (χ4v) is 3.72. The summed E-state index contributed by atoms with van der Waals surface area (Å²) in [5.41, 5.74) is 1.40. The molecule has 0 heterocycles. The predicted octanol–water partition coefficient (Wildman–Crippen LogP) is 4.00. The second-order valence-electron chi connectivity index (χ2n) is 7.06. The molecule has 0 radical (unpaired) electrons. The van der Waals surface area contributed by atoms with Gasteiger partial charge in [-0.2, -0.15) is 0 Å². The van der Waals surface area contributed by atoms with Crippen molar-refractivity contribution in [2.24, 2.45) is 11.3 Å². The van der Waals surface area contributed by atoms with Crippen LogP contribution in [0.4, 0.5) is 4.39 Å². The van der Waals surface area contributed by atoms with Crippen molar-refractivity contribution in [3.8, 4) is 0 Å². The first-order valence-electron chi connectivity index (χ1n) is 7.63. The van der Waals surface area contributed by atoms with E-state index in [1.807, 2.05) is 0 Å². The molecular formula is C17H25FN2S. The molecule has 0 spiro atoms. The highest BCUT2D eigenvalue weighted by molar-refractivity contribution is 7.80. The minimum atomic E-state index is -0.210. The van der Waals surface area contributed by atoms with Crippen LogP contribution in [0.25, 0.3) is 0 Å². The van der Waals surface area contributed by atoms with E-state index in [1.54, 1.807) is 12.1 Å². The third-order valence-electron chi connectivity index (χ3n) is 4.09. The highest BCUT2D eigenvalue weighted by atomic mass is 32.1. The molecule has 1 aromatic carbocycles. The fraction of sp³-hybridized carbons (Fsp3) is 0.588. The Bertz CT molecular complexity index is 484. The van der Waals surface area contributed by atoms with E-state index in [-0.39, 0.29) is 5.82 Å². The molecule has 2 N–H and O–H groups in total. The average Bonchev–Trinajstić information content (AvgIpc) is 2.35. The van der Waals surface area contributed by atoms with Crippen molar-refractivity contribution in [1.29, 1.82) is 0 Å². The molecule has 2 atom stereocenters. The van der Waals surface area contributed by atoms with Gasteiger partial charge >= 0.3 is 0 Å². The monoisotopic (exact) mass is 308 g/mol. The van der Waals surface area contributed by atoms with Crippen LogP contribution in [0.1, 0.15) is 45.6 Å². The van der Waals surface area contributed by atoms with Gasteiger partial charge in [-0.25, -0.2) is 4.39 Å². The Morgan fingerprint density at radius 3 is 2.57 bits per heavy atom. The minimum absolute atomic E-state index is 0.210. The molecule has 1 aliphatic rings. The van der Waals surface area contributed by atoms with Crippen molar-refractivity contribution in [2.75, 3.05) is 0 Å². The normalized spacial score (nSPS) is 24.4. The quantitative estimate of drug-likeness (QED) is 0.825. The molecule has 2 unspecified atom stereocenters. The Labute approximate surface area is 132 Å². The van der Waals surface area contributed by atoms with Crippen LogP contribution < -0.4 is 10.6 Å². The first-order valence-corrected chi connectivity index (χ1v) is 8.04. The molecule has 4 heteroatoms. The standard InChI is InChI=1S/C17H25FN2S/c1-12-8-15(10-17(2,3)9-12)20-16(21)19-11-13-4-6-14(18)7-5-13/h4-7,12,15H,8-11H2,1-3H3,(H2,19,20,21). The van der Waals surface area contributed by atoms with Gasteiger partial charge in [0.1, 0.15) is 5.82 Å². The molecule has 1 aliphatic carbocycles. The van der Waals surface area contributed by atoms with Crippen LogP contribution in [0.5, 0.6) is 0 Å². The maximum atomic E-state index is 12.8. The lowest BCUT2D eigenvalue weighted by molar-refractivity contribution is 0.161. The zero-order valence-corrected chi connectivity index (χ0v) is 13.9. The van der Waals surface area contributed by atoms with Crippen molar-refractivity contribution >= 4 is 17.3 Å². The highest BCUT2D eigenvalue weighted by Crippen LogP contribution is 2.38. The molecule has 116 valence electrons. The molecule has 2 nitrogen and oxygen atoms in total. The zero-order valence-electron chi connectivity index (χ0n) is 13.1. The van der Waals surface area contributed by atoms with Gasteiger partial charge in [0.25, 0.3) is 0 Å². The van der Waals surface area contributed by atoms with E-state index < -0.39 is 0 Å². The first-order chi connectivity index (χ1) is 9.84. The van der Waals surface area contributed by atoms with Gasteiger partial charge in [-0.3, -0.25) is 0 Å². The van der Waals surface area contributed by atoms with Gasteiger partial charge in [-0.15, -0.1) is 0 Å². The number of rotatable bonds is 3. The molecule has 0 amide bonds. The summed E-state index contributed by atoms with van der Waals surface area (Å²) in [6.07, 6.45) is 3.60. The Hall–Kier alpha value is -1.16. The topological polar surface area (TPSA) is 24.1 Å². The van der Waals surface area contributed by atoms with Crippen LogP contribution in [-0.4, -0.2) is 11.2 Å². The van der Waals surface area contributed by atoms with Gasteiger partial charge in [0, 0.05) is 12.6 Å². The van der Waals surface area contributed by atoms with Crippen LogP contribution in [0, 0.1) is 17.2 Å². The SMILES string of the molecule is CC1CC(NC(=S)NCc2ccc(F)cc2)CC(C)(C)C1. The van der Waals surface area contributed by atoms with Crippen molar-refractivity contribution in [2.45, 2.75) is 52.6 Å². The van der Waals surface area contributed by atoms with Gasteiger partial charge in [-0.05, 0) is 60.5 Å². The van der Waals surface area contributed by atoms with E-state index in [1.165, 1.54) is 25.0 Å². The molecule has 0 bridgehead atoms. The molecule has 1 aromatic rings. The smallest absolute Gasteiger partial charge is 0.166 e. The number of thiocarbonyl (C=S) groups is 1. The molecule has 21 heavy (non-hydrogen) atoms. The number of halogens is 1. The van der Waals surface area contributed by atoms with Crippen LogP contribution >= 0.6 is 12.2 Å². The molecule has 0 saturated heterocycles. The summed E-state index contributed by atoms with van der Waals surface area (Å²) < 4.78 is 12.8. The van der Waals surface area contributed by atoms with Crippen molar-refractivity contribution in [1.82, 2.24) is 10.6 Å². The predicted molar refractivity (Wildman–Crippen MR) is 89.6 cm³/mol. The summed E-state index contributed by atoms with van der Waals surface area (Å²) in [5.74, 6) is 0.518. The molecular weight excluding hydrogens is 283 g/mol. The molecule has 1 fully saturated rings.